The highest BCUT2D eigenvalue weighted by atomic mass is 32.2. The smallest absolute Gasteiger partial charge is 0.243 e. The SMILES string of the molecule is Cc1ccccc1S(=O)(=O)N1CCN(c2ccc(S(=O)(=O)CCc3ccccc3)nn2)CC1. The van der Waals surface area contributed by atoms with Gasteiger partial charge in [0.05, 0.1) is 10.6 Å². The predicted octanol–water partition coefficient (Wildman–Crippen LogP) is 2.31. The molecule has 0 aliphatic carbocycles. The van der Waals surface area contributed by atoms with Gasteiger partial charge in [-0.05, 0) is 42.7 Å². The molecule has 2 aromatic carbocycles. The molecule has 0 amide bonds. The van der Waals surface area contributed by atoms with Gasteiger partial charge in [-0.3, -0.25) is 0 Å². The van der Waals surface area contributed by atoms with Crippen LogP contribution >= 0.6 is 0 Å². The average Bonchev–Trinajstić information content (AvgIpc) is 2.84. The van der Waals surface area contributed by atoms with Crippen molar-refractivity contribution >= 4 is 25.7 Å². The Morgan fingerprint density at radius 1 is 0.788 bits per heavy atom. The summed E-state index contributed by atoms with van der Waals surface area (Å²) in [6.45, 7) is 3.30. The van der Waals surface area contributed by atoms with Crippen LogP contribution in [-0.2, 0) is 26.3 Å². The first-order chi connectivity index (χ1) is 15.8. The first-order valence-corrected chi connectivity index (χ1v) is 13.8. The van der Waals surface area contributed by atoms with Gasteiger partial charge in [0, 0.05) is 26.2 Å². The van der Waals surface area contributed by atoms with Crippen LogP contribution in [0.5, 0.6) is 0 Å². The molecule has 2 heterocycles. The third kappa shape index (κ3) is 5.23. The first-order valence-electron chi connectivity index (χ1n) is 10.7. The van der Waals surface area contributed by atoms with E-state index < -0.39 is 19.9 Å². The molecular formula is C23H26N4O4S2. The topological polar surface area (TPSA) is 101 Å². The molecule has 0 saturated carbocycles. The molecule has 33 heavy (non-hydrogen) atoms. The van der Waals surface area contributed by atoms with Crippen molar-refractivity contribution in [3.63, 3.8) is 0 Å². The Morgan fingerprint density at radius 2 is 1.45 bits per heavy atom. The molecule has 3 aromatic rings. The number of hydrogen-bond acceptors (Lipinski definition) is 7. The van der Waals surface area contributed by atoms with E-state index in [4.69, 9.17) is 0 Å². The fourth-order valence-corrected chi connectivity index (χ4v) is 6.59. The predicted molar refractivity (Wildman–Crippen MR) is 126 cm³/mol. The van der Waals surface area contributed by atoms with Crippen molar-refractivity contribution in [3.8, 4) is 0 Å². The van der Waals surface area contributed by atoms with E-state index >= 15 is 0 Å². The standard InChI is InChI=1S/C23H26N4O4S2/c1-19-7-5-6-10-21(19)33(30,31)27-16-14-26(15-17-27)22-11-12-23(25-24-22)32(28,29)18-13-20-8-3-2-4-9-20/h2-12H,13-18H2,1H3. The van der Waals surface area contributed by atoms with Gasteiger partial charge in [0.1, 0.15) is 0 Å². The van der Waals surface area contributed by atoms with Gasteiger partial charge in [-0.25, -0.2) is 16.8 Å². The number of piperazine rings is 1. The Morgan fingerprint density at radius 3 is 2.09 bits per heavy atom. The van der Waals surface area contributed by atoms with Gasteiger partial charge in [0.15, 0.2) is 20.7 Å². The van der Waals surface area contributed by atoms with Crippen LogP contribution in [0.1, 0.15) is 11.1 Å². The third-order valence-corrected chi connectivity index (χ3v) is 9.38. The van der Waals surface area contributed by atoms with Crippen LogP contribution < -0.4 is 4.90 Å². The highest BCUT2D eigenvalue weighted by Gasteiger charge is 2.30. The molecular weight excluding hydrogens is 460 g/mol. The van der Waals surface area contributed by atoms with Gasteiger partial charge < -0.3 is 4.90 Å². The van der Waals surface area contributed by atoms with Gasteiger partial charge in [-0.2, -0.15) is 4.31 Å². The van der Waals surface area contributed by atoms with Gasteiger partial charge in [0.2, 0.25) is 10.0 Å². The Kier molecular flexibility index (Phi) is 6.78. The highest BCUT2D eigenvalue weighted by molar-refractivity contribution is 7.91. The number of anilines is 1. The zero-order valence-electron chi connectivity index (χ0n) is 18.3. The van der Waals surface area contributed by atoms with Crippen LogP contribution in [0.4, 0.5) is 5.82 Å². The Hall–Kier alpha value is -2.82. The second-order valence-corrected chi connectivity index (χ2v) is 11.9. The second-order valence-electron chi connectivity index (χ2n) is 7.94. The number of sulfonamides is 1. The van der Waals surface area contributed by atoms with Crippen molar-refractivity contribution in [1.82, 2.24) is 14.5 Å². The van der Waals surface area contributed by atoms with E-state index in [1.54, 1.807) is 31.2 Å². The number of aromatic nitrogens is 2. The summed E-state index contributed by atoms with van der Waals surface area (Å²) >= 11 is 0. The van der Waals surface area contributed by atoms with E-state index in [-0.39, 0.29) is 10.8 Å². The molecule has 1 aliphatic heterocycles. The summed E-state index contributed by atoms with van der Waals surface area (Å²) in [5.74, 6) is 0.491. The van der Waals surface area contributed by atoms with E-state index in [1.165, 1.54) is 10.4 Å². The normalized spacial score (nSPS) is 15.5. The molecule has 4 rings (SSSR count). The maximum Gasteiger partial charge on any atom is 0.243 e. The van der Waals surface area contributed by atoms with Crippen molar-refractivity contribution < 1.29 is 16.8 Å². The summed E-state index contributed by atoms with van der Waals surface area (Å²) in [6.07, 6.45) is 0.407. The monoisotopic (exact) mass is 486 g/mol. The lowest BCUT2D eigenvalue weighted by Gasteiger charge is -2.34. The highest BCUT2D eigenvalue weighted by Crippen LogP contribution is 2.22. The van der Waals surface area contributed by atoms with Crippen LogP contribution in [0.2, 0.25) is 0 Å². The zero-order valence-corrected chi connectivity index (χ0v) is 20.0. The summed E-state index contributed by atoms with van der Waals surface area (Å²) in [6, 6.07) is 19.5. The minimum absolute atomic E-state index is 0.0412. The van der Waals surface area contributed by atoms with Gasteiger partial charge in [-0.15, -0.1) is 10.2 Å². The minimum atomic E-state index is -3.56. The minimum Gasteiger partial charge on any atom is -0.352 e. The van der Waals surface area contributed by atoms with Gasteiger partial charge in [-0.1, -0.05) is 48.5 Å². The van der Waals surface area contributed by atoms with Crippen LogP contribution in [0.15, 0.2) is 76.7 Å². The Bertz CT molecular complexity index is 1300. The molecule has 1 aliphatic rings. The van der Waals surface area contributed by atoms with Crippen molar-refractivity contribution in [2.45, 2.75) is 23.3 Å². The number of sulfone groups is 1. The molecule has 1 fully saturated rings. The zero-order chi connectivity index (χ0) is 23.5. The Balaban J connectivity index is 1.39. The lowest BCUT2D eigenvalue weighted by molar-refractivity contribution is 0.383. The lowest BCUT2D eigenvalue weighted by Crippen LogP contribution is -2.49. The molecule has 1 saturated heterocycles. The largest absolute Gasteiger partial charge is 0.352 e. The second kappa shape index (κ2) is 9.58. The summed E-state index contributed by atoms with van der Waals surface area (Å²) in [7, 11) is -7.11. The molecule has 174 valence electrons. The van der Waals surface area contributed by atoms with Crippen molar-refractivity contribution in [1.29, 1.82) is 0 Å². The van der Waals surface area contributed by atoms with Crippen LogP contribution in [0.25, 0.3) is 0 Å². The number of benzene rings is 2. The van der Waals surface area contributed by atoms with E-state index in [2.05, 4.69) is 10.2 Å². The molecule has 0 atom stereocenters. The van der Waals surface area contributed by atoms with E-state index in [0.29, 0.717) is 43.3 Å². The molecule has 0 spiro atoms. The molecule has 0 bridgehead atoms. The van der Waals surface area contributed by atoms with Crippen LogP contribution in [0, 0.1) is 6.92 Å². The van der Waals surface area contributed by atoms with E-state index in [0.717, 1.165) is 11.1 Å². The summed E-state index contributed by atoms with van der Waals surface area (Å²) in [5.41, 5.74) is 1.67. The number of aryl methyl sites for hydroxylation is 2. The Labute approximate surface area is 194 Å². The maximum atomic E-state index is 13.0. The first kappa shape index (κ1) is 23.3. The lowest BCUT2D eigenvalue weighted by atomic mass is 10.2. The number of nitrogens with zero attached hydrogens (tertiary/aromatic N) is 4. The van der Waals surface area contributed by atoms with Crippen molar-refractivity contribution in [3.05, 3.63) is 77.9 Å². The molecule has 8 nitrogen and oxygen atoms in total. The van der Waals surface area contributed by atoms with Gasteiger partial charge in [0.25, 0.3) is 0 Å². The number of hydrogen-bond donors (Lipinski definition) is 0. The fraction of sp³-hybridized carbons (Fsp3) is 0.304. The maximum absolute atomic E-state index is 13.0. The van der Waals surface area contributed by atoms with E-state index in [9.17, 15) is 16.8 Å². The fourth-order valence-electron chi connectivity index (χ4n) is 3.79. The van der Waals surface area contributed by atoms with Crippen molar-refractivity contribution in [2.24, 2.45) is 0 Å². The molecule has 0 unspecified atom stereocenters. The van der Waals surface area contributed by atoms with Crippen LogP contribution in [0.3, 0.4) is 0 Å². The molecule has 10 heteroatoms. The number of rotatable bonds is 7. The van der Waals surface area contributed by atoms with Crippen molar-refractivity contribution in [2.75, 3.05) is 36.8 Å². The van der Waals surface area contributed by atoms with Gasteiger partial charge >= 0.3 is 0 Å². The third-order valence-electron chi connectivity index (χ3n) is 5.72. The van der Waals surface area contributed by atoms with Crippen LogP contribution in [-0.4, -0.2) is 63.3 Å². The quantitative estimate of drug-likeness (QED) is 0.505. The average molecular weight is 487 g/mol. The molecule has 0 N–H and O–H groups in total. The molecule has 1 aromatic heterocycles. The molecule has 0 radical (unpaired) electrons. The van der Waals surface area contributed by atoms with E-state index in [1.807, 2.05) is 41.3 Å². The summed E-state index contributed by atoms with van der Waals surface area (Å²) < 4.78 is 52.7. The summed E-state index contributed by atoms with van der Waals surface area (Å²) in [5, 5.41) is 8.01. The summed E-state index contributed by atoms with van der Waals surface area (Å²) in [4.78, 5) is 2.24.